The maximum atomic E-state index is 13.1. The molecule has 3 heterocycles. The molecule has 178 valence electrons. The summed E-state index contributed by atoms with van der Waals surface area (Å²) in [7, 11) is 0. The fourth-order valence-corrected chi connectivity index (χ4v) is 5.91. The van der Waals surface area contributed by atoms with Crippen molar-refractivity contribution in [2.45, 2.75) is 39.2 Å². The van der Waals surface area contributed by atoms with Crippen LogP contribution in [-0.4, -0.2) is 71.7 Å². The van der Waals surface area contributed by atoms with Crippen molar-refractivity contribution in [3.05, 3.63) is 57.8 Å². The zero-order valence-corrected chi connectivity index (χ0v) is 21.2. The molecule has 0 aliphatic carbocycles. The second-order valence-electron chi connectivity index (χ2n) is 9.69. The molecule has 0 spiro atoms. The van der Waals surface area contributed by atoms with Crippen LogP contribution in [0.15, 0.2) is 41.8 Å². The lowest BCUT2D eigenvalue weighted by Crippen LogP contribution is -2.44. The van der Waals surface area contributed by atoms with Gasteiger partial charge in [0, 0.05) is 56.4 Å². The van der Waals surface area contributed by atoms with Gasteiger partial charge < -0.3 is 9.80 Å². The Hall–Kier alpha value is -1.89. The van der Waals surface area contributed by atoms with Crippen LogP contribution in [-0.2, 0) is 16.0 Å². The average Bonchev–Trinajstić information content (AvgIpc) is 3.18. The van der Waals surface area contributed by atoms with E-state index in [4.69, 9.17) is 11.6 Å². The summed E-state index contributed by atoms with van der Waals surface area (Å²) in [5.41, 5.74) is 2.10. The summed E-state index contributed by atoms with van der Waals surface area (Å²) in [5.74, 6) is 0.566. The van der Waals surface area contributed by atoms with Crippen LogP contribution in [0.2, 0.25) is 0 Å². The lowest BCUT2D eigenvalue weighted by molar-refractivity contribution is -0.139. The number of benzene rings is 1. The van der Waals surface area contributed by atoms with Crippen LogP contribution in [0.3, 0.4) is 0 Å². The van der Waals surface area contributed by atoms with Crippen LogP contribution in [0.1, 0.15) is 48.7 Å². The van der Waals surface area contributed by atoms with Crippen LogP contribution in [0.5, 0.6) is 0 Å². The predicted molar refractivity (Wildman–Crippen MR) is 135 cm³/mol. The van der Waals surface area contributed by atoms with Gasteiger partial charge in [-0.25, -0.2) is 0 Å². The van der Waals surface area contributed by atoms with Crippen molar-refractivity contribution in [2.24, 2.45) is 5.41 Å². The molecule has 1 aromatic carbocycles. The quantitative estimate of drug-likeness (QED) is 0.567. The molecular weight excluding hydrogens is 454 g/mol. The highest BCUT2D eigenvalue weighted by Crippen LogP contribution is 2.37. The minimum absolute atomic E-state index is 0.0809. The van der Waals surface area contributed by atoms with Crippen molar-refractivity contribution in [1.29, 1.82) is 0 Å². The number of hydrogen-bond acceptors (Lipinski definition) is 4. The molecule has 4 rings (SSSR count). The zero-order chi connectivity index (χ0) is 23.4. The summed E-state index contributed by atoms with van der Waals surface area (Å²) in [5, 5.41) is 2.19. The number of amides is 2. The highest BCUT2D eigenvalue weighted by Gasteiger charge is 2.33. The van der Waals surface area contributed by atoms with Crippen molar-refractivity contribution in [1.82, 2.24) is 14.7 Å². The van der Waals surface area contributed by atoms with Gasteiger partial charge in [0.25, 0.3) is 0 Å². The first kappa shape index (κ1) is 24.2. The highest BCUT2D eigenvalue weighted by molar-refractivity contribution is 7.10. The highest BCUT2D eigenvalue weighted by atomic mass is 35.5. The fourth-order valence-electron chi connectivity index (χ4n) is 4.89. The second-order valence-corrected chi connectivity index (χ2v) is 11.0. The number of alkyl halides is 1. The average molecular weight is 488 g/mol. The summed E-state index contributed by atoms with van der Waals surface area (Å²) in [6.45, 7) is 8.06. The number of fused-ring (bicyclic) bond motifs is 1. The summed E-state index contributed by atoms with van der Waals surface area (Å²) >= 11 is 7.85. The molecule has 7 heteroatoms. The molecule has 5 nitrogen and oxygen atoms in total. The van der Waals surface area contributed by atoms with E-state index in [-0.39, 0.29) is 17.9 Å². The van der Waals surface area contributed by atoms with Gasteiger partial charge in [0.1, 0.15) is 0 Å². The smallest absolute Gasteiger partial charge is 0.229 e. The number of thiophene rings is 1. The third-order valence-corrected chi connectivity index (χ3v) is 8.51. The third-order valence-electron chi connectivity index (χ3n) is 6.84. The van der Waals surface area contributed by atoms with Gasteiger partial charge in [-0.1, -0.05) is 30.3 Å². The normalized spacial score (nSPS) is 19.8. The molecule has 1 atom stereocenters. The molecule has 1 aromatic heterocycles. The second kappa shape index (κ2) is 10.6. The fraction of sp³-hybridized carbons (Fsp3) is 0.538. The van der Waals surface area contributed by atoms with Gasteiger partial charge in [-0.15, -0.1) is 22.9 Å². The number of carbonyl (C=O) groups excluding carboxylic acids is 2. The van der Waals surface area contributed by atoms with Gasteiger partial charge in [-0.2, -0.15) is 0 Å². The van der Waals surface area contributed by atoms with Gasteiger partial charge in [0.05, 0.1) is 11.5 Å². The van der Waals surface area contributed by atoms with Crippen LogP contribution in [0.4, 0.5) is 0 Å². The number of halogens is 1. The Morgan fingerprint density at radius 1 is 1.03 bits per heavy atom. The lowest BCUT2D eigenvalue weighted by Gasteiger charge is -2.36. The van der Waals surface area contributed by atoms with Gasteiger partial charge in [0.15, 0.2) is 0 Å². The molecule has 0 N–H and O–H groups in total. The largest absolute Gasteiger partial charge is 0.341 e. The van der Waals surface area contributed by atoms with Crippen LogP contribution >= 0.6 is 22.9 Å². The number of hydrogen-bond donors (Lipinski definition) is 0. The maximum Gasteiger partial charge on any atom is 0.229 e. The minimum Gasteiger partial charge on any atom is -0.341 e. The maximum absolute atomic E-state index is 13.1. The summed E-state index contributed by atoms with van der Waals surface area (Å²) in [4.78, 5) is 33.7. The Morgan fingerprint density at radius 3 is 2.52 bits per heavy atom. The molecule has 2 aliphatic rings. The standard InChI is InChI=1S/C26H34ClN3O2S/c1-26(2,19-27)25(32)30-13-6-12-28(16-17-30)23(31)10-15-29-14-9-22-21(11-18-33-22)24(29)20-7-4-3-5-8-20/h3-5,7-8,11,18,24H,6,9-10,12-17,19H2,1-2H3. The molecule has 0 bridgehead atoms. The lowest BCUT2D eigenvalue weighted by atomic mass is 9.93. The molecule has 1 unspecified atom stereocenters. The van der Waals surface area contributed by atoms with Gasteiger partial charge in [-0.3, -0.25) is 14.5 Å². The Labute approximate surface area is 206 Å². The molecule has 2 aliphatic heterocycles. The molecule has 33 heavy (non-hydrogen) atoms. The van der Waals surface area contributed by atoms with Crippen LogP contribution < -0.4 is 0 Å². The Balaban J connectivity index is 1.38. The Kier molecular flexibility index (Phi) is 7.77. The van der Waals surface area contributed by atoms with E-state index < -0.39 is 5.41 Å². The van der Waals surface area contributed by atoms with E-state index >= 15 is 0 Å². The number of carbonyl (C=O) groups is 2. The minimum atomic E-state index is -0.568. The molecule has 2 aromatic rings. The van der Waals surface area contributed by atoms with Crippen molar-refractivity contribution in [3.63, 3.8) is 0 Å². The van der Waals surface area contributed by atoms with E-state index in [1.54, 1.807) is 0 Å². The van der Waals surface area contributed by atoms with E-state index in [1.165, 1.54) is 16.0 Å². The van der Waals surface area contributed by atoms with Crippen molar-refractivity contribution < 1.29 is 9.59 Å². The first-order chi connectivity index (χ1) is 15.9. The Morgan fingerprint density at radius 2 is 1.76 bits per heavy atom. The van der Waals surface area contributed by atoms with E-state index in [0.29, 0.717) is 38.5 Å². The first-order valence-corrected chi connectivity index (χ1v) is 13.3. The van der Waals surface area contributed by atoms with Gasteiger partial charge in [0.2, 0.25) is 11.8 Å². The van der Waals surface area contributed by atoms with E-state index in [1.807, 2.05) is 35.0 Å². The first-order valence-electron chi connectivity index (χ1n) is 11.9. The van der Waals surface area contributed by atoms with Crippen LogP contribution in [0.25, 0.3) is 0 Å². The van der Waals surface area contributed by atoms with E-state index in [2.05, 4.69) is 46.7 Å². The zero-order valence-electron chi connectivity index (χ0n) is 19.6. The summed E-state index contributed by atoms with van der Waals surface area (Å²) in [6, 6.07) is 13.1. The number of nitrogens with zero attached hydrogens (tertiary/aromatic N) is 3. The van der Waals surface area contributed by atoms with Crippen molar-refractivity contribution >= 4 is 34.8 Å². The summed E-state index contributed by atoms with van der Waals surface area (Å²) in [6.07, 6.45) is 2.36. The van der Waals surface area contributed by atoms with Gasteiger partial charge in [-0.05, 0) is 49.3 Å². The number of rotatable bonds is 6. The third kappa shape index (κ3) is 5.44. The van der Waals surface area contributed by atoms with E-state index in [9.17, 15) is 9.59 Å². The predicted octanol–water partition coefficient (Wildman–Crippen LogP) is 4.41. The molecule has 0 radical (unpaired) electrons. The molecule has 1 saturated heterocycles. The Bertz CT molecular complexity index is 961. The van der Waals surface area contributed by atoms with Crippen LogP contribution in [0, 0.1) is 5.41 Å². The summed E-state index contributed by atoms with van der Waals surface area (Å²) < 4.78 is 0. The molecule has 1 fully saturated rings. The van der Waals surface area contributed by atoms with E-state index in [0.717, 1.165) is 25.9 Å². The molecular formula is C26H34ClN3O2S. The molecule has 2 amide bonds. The van der Waals surface area contributed by atoms with Gasteiger partial charge >= 0.3 is 0 Å². The molecule has 0 saturated carbocycles. The van der Waals surface area contributed by atoms with Crippen molar-refractivity contribution in [3.8, 4) is 0 Å². The SMILES string of the molecule is CC(C)(CCl)C(=O)N1CCCN(C(=O)CCN2CCc3sccc3C2c2ccccc2)CC1. The monoisotopic (exact) mass is 487 g/mol. The topological polar surface area (TPSA) is 43.9 Å². The van der Waals surface area contributed by atoms with Crippen molar-refractivity contribution in [2.75, 3.05) is 45.1 Å².